The molecule has 0 aromatic rings. The van der Waals surface area contributed by atoms with Gasteiger partial charge in [0.25, 0.3) is 0 Å². The maximum Gasteiger partial charge on any atom is 0.411 e. The molecule has 3 atom stereocenters. The minimum atomic E-state index is -0.0731. The molecule has 1 amide bonds. The summed E-state index contributed by atoms with van der Waals surface area (Å²) in [5.41, 5.74) is 0.239. The van der Waals surface area contributed by atoms with Crippen molar-refractivity contribution in [3.05, 3.63) is 0 Å². The fourth-order valence-corrected chi connectivity index (χ4v) is 5.83. The van der Waals surface area contributed by atoms with Gasteiger partial charge in [0.15, 0.2) is 5.44 Å². The Morgan fingerprint density at radius 1 is 1.14 bits per heavy atom. The number of ether oxygens (including phenoxy) is 1. The van der Waals surface area contributed by atoms with Crippen LogP contribution in [0.5, 0.6) is 0 Å². The summed E-state index contributed by atoms with van der Waals surface area (Å²) in [6.07, 6.45) is 2.17. The maximum atomic E-state index is 12.5. The zero-order valence-corrected chi connectivity index (χ0v) is 14.8. The standard InChI is InChI=1S/C15H26N2O2S2/c1-15(2,3)16-8-11-4-5-12(9-16)17(11)14(18)19-13-10-20-6-7-21-13/h11-13H,4-10H2,1-3H3. The molecular weight excluding hydrogens is 304 g/mol. The summed E-state index contributed by atoms with van der Waals surface area (Å²) in [6.45, 7) is 8.76. The molecule has 0 aromatic heterocycles. The molecule has 3 saturated heterocycles. The fraction of sp³-hybridized carbons (Fsp3) is 0.933. The smallest absolute Gasteiger partial charge is 0.411 e. The number of hydrogen-bond acceptors (Lipinski definition) is 5. The number of hydrogen-bond donors (Lipinski definition) is 0. The lowest BCUT2D eigenvalue weighted by Crippen LogP contribution is -2.60. The van der Waals surface area contributed by atoms with E-state index in [4.69, 9.17) is 4.74 Å². The average Bonchev–Trinajstić information content (AvgIpc) is 2.69. The van der Waals surface area contributed by atoms with E-state index in [2.05, 4.69) is 25.7 Å². The zero-order valence-electron chi connectivity index (χ0n) is 13.2. The number of piperazine rings is 1. The van der Waals surface area contributed by atoms with Crippen molar-refractivity contribution < 1.29 is 9.53 Å². The van der Waals surface area contributed by atoms with Crippen LogP contribution in [0.15, 0.2) is 0 Å². The molecule has 0 radical (unpaired) electrons. The monoisotopic (exact) mass is 330 g/mol. The van der Waals surface area contributed by atoms with Crippen LogP contribution in [0, 0.1) is 0 Å². The van der Waals surface area contributed by atoms with E-state index >= 15 is 0 Å². The van der Waals surface area contributed by atoms with Gasteiger partial charge in [-0.3, -0.25) is 9.80 Å². The number of nitrogens with zero attached hydrogens (tertiary/aromatic N) is 2. The second kappa shape index (κ2) is 6.20. The van der Waals surface area contributed by atoms with E-state index in [0.717, 1.165) is 37.4 Å². The Labute approximate surface area is 136 Å². The lowest BCUT2D eigenvalue weighted by Gasteiger charge is -2.46. The summed E-state index contributed by atoms with van der Waals surface area (Å²) >= 11 is 3.67. The van der Waals surface area contributed by atoms with Crippen LogP contribution in [0.4, 0.5) is 4.79 Å². The van der Waals surface area contributed by atoms with Gasteiger partial charge in [-0.1, -0.05) is 0 Å². The van der Waals surface area contributed by atoms with Crippen LogP contribution in [-0.2, 0) is 4.74 Å². The number of carbonyl (C=O) groups excluding carboxylic acids is 1. The molecule has 6 heteroatoms. The Morgan fingerprint density at radius 3 is 2.33 bits per heavy atom. The third kappa shape index (κ3) is 3.48. The molecule has 0 N–H and O–H groups in total. The van der Waals surface area contributed by atoms with Gasteiger partial charge in [0, 0.05) is 48.0 Å². The Morgan fingerprint density at radius 2 is 1.81 bits per heavy atom. The van der Waals surface area contributed by atoms with Crippen molar-refractivity contribution in [3.63, 3.8) is 0 Å². The van der Waals surface area contributed by atoms with E-state index in [1.165, 1.54) is 5.75 Å². The molecule has 3 rings (SSSR count). The van der Waals surface area contributed by atoms with E-state index in [0.29, 0.717) is 12.1 Å². The van der Waals surface area contributed by atoms with Gasteiger partial charge in [-0.15, -0.1) is 11.8 Å². The molecule has 120 valence electrons. The molecule has 0 aromatic carbocycles. The van der Waals surface area contributed by atoms with Crippen LogP contribution in [0.2, 0.25) is 0 Å². The lowest BCUT2D eigenvalue weighted by atomic mass is 10.0. The lowest BCUT2D eigenvalue weighted by molar-refractivity contribution is 0.00848. The highest BCUT2D eigenvalue weighted by Gasteiger charge is 2.46. The topological polar surface area (TPSA) is 32.8 Å². The van der Waals surface area contributed by atoms with Gasteiger partial charge in [-0.25, -0.2) is 4.79 Å². The van der Waals surface area contributed by atoms with Gasteiger partial charge in [0.05, 0.1) is 0 Å². The Kier molecular flexibility index (Phi) is 4.67. The molecule has 0 saturated carbocycles. The minimum Gasteiger partial charge on any atom is -0.434 e. The van der Waals surface area contributed by atoms with Crippen molar-refractivity contribution in [2.45, 2.75) is 56.7 Å². The van der Waals surface area contributed by atoms with Gasteiger partial charge in [0.2, 0.25) is 0 Å². The average molecular weight is 331 g/mol. The molecule has 3 fully saturated rings. The van der Waals surface area contributed by atoms with Crippen LogP contribution in [-0.4, -0.2) is 69.3 Å². The predicted octanol–water partition coefficient (Wildman–Crippen LogP) is 2.88. The number of fused-ring (bicyclic) bond motifs is 2. The highest BCUT2D eigenvalue weighted by molar-refractivity contribution is 8.06. The predicted molar refractivity (Wildman–Crippen MR) is 90.0 cm³/mol. The molecular formula is C15H26N2O2S2. The van der Waals surface area contributed by atoms with Crippen molar-refractivity contribution in [1.82, 2.24) is 9.80 Å². The molecule has 0 aliphatic carbocycles. The zero-order chi connectivity index (χ0) is 15.0. The number of carbonyl (C=O) groups is 1. The molecule has 3 aliphatic rings. The van der Waals surface area contributed by atoms with E-state index in [1.54, 1.807) is 11.8 Å². The summed E-state index contributed by atoms with van der Waals surface area (Å²) < 4.78 is 5.74. The van der Waals surface area contributed by atoms with Crippen LogP contribution in [0.25, 0.3) is 0 Å². The summed E-state index contributed by atoms with van der Waals surface area (Å²) in [4.78, 5) is 17.1. The van der Waals surface area contributed by atoms with Crippen LogP contribution in [0.1, 0.15) is 33.6 Å². The quantitative estimate of drug-likeness (QED) is 0.738. The van der Waals surface area contributed by atoms with Gasteiger partial charge < -0.3 is 4.74 Å². The molecule has 3 aliphatic heterocycles. The third-order valence-electron chi connectivity index (χ3n) is 4.66. The van der Waals surface area contributed by atoms with Gasteiger partial charge in [0.1, 0.15) is 0 Å². The first-order valence-electron chi connectivity index (χ1n) is 7.88. The second-order valence-electron chi connectivity index (χ2n) is 7.13. The molecule has 3 heterocycles. The Bertz CT molecular complexity index is 380. The maximum absolute atomic E-state index is 12.5. The summed E-state index contributed by atoms with van der Waals surface area (Å²) in [6, 6.07) is 0.688. The van der Waals surface area contributed by atoms with Crippen molar-refractivity contribution in [2.24, 2.45) is 0 Å². The second-order valence-corrected chi connectivity index (χ2v) is 9.54. The molecule has 4 nitrogen and oxygen atoms in total. The van der Waals surface area contributed by atoms with E-state index in [9.17, 15) is 4.79 Å². The SMILES string of the molecule is CC(C)(C)N1CC2CCC(C1)N2C(=O)OC1CSCCS1. The van der Waals surface area contributed by atoms with Crippen molar-refractivity contribution in [1.29, 1.82) is 0 Å². The Hall–Kier alpha value is -0.0700. The summed E-state index contributed by atoms with van der Waals surface area (Å²) in [5, 5.41) is 0. The van der Waals surface area contributed by atoms with Crippen LogP contribution in [0.3, 0.4) is 0 Å². The number of thioether (sulfide) groups is 2. The molecule has 2 bridgehead atoms. The highest BCUT2D eigenvalue weighted by atomic mass is 32.2. The van der Waals surface area contributed by atoms with E-state index in [-0.39, 0.29) is 17.1 Å². The normalized spacial score (nSPS) is 34.0. The van der Waals surface area contributed by atoms with Crippen molar-refractivity contribution in [3.8, 4) is 0 Å². The molecule has 21 heavy (non-hydrogen) atoms. The number of rotatable bonds is 1. The van der Waals surface area contributed by atoms with Crippen LogP contribution < -0.4 is 0 Å². The van der Waals surface area contributed by atoms with Crippen molar-refractivity contribution >= 4 is 29.6 Å². The highest BCUT2D eigenvalue weighted by Crippen LogP contribution is 2.35. The van der Waals surface area contributed by atoms with Crippen LogP contribution >= 0.6 is 23.5 Å². The first-order valence-corrected chi connectivity index (χ1v) is 10.1. The Balaban J connectivity index is 1.60. The number of amides is 1. The first-order chi connectivity index (χ1) is 9.95. The van der Waals surface area contributed by atoms with Gasteiger partial charge in [-0.05, 0) is 33.6 Å². The molecule has 0 spiro atoms. The van der Waals surface area contributed by atoms with E-state index in [1.807, 2.05) is 16.7 Å². The van der Waals surface area contributed by atoms with Gasteiger partial charge >= 0.3 is 6.09 Å². The van der Waals surface area contributed by atoms with E-state index < -0.39 is 0 Å². The largest absolute Gasteiger partial charge is 0.434 e. The fourth-order valence-electron chi connectivity index (χ4n) is 3.46. The molecule has 3 unspecified atom stereocenters. The summed E-state index contributed by atoms with van der Waals surface area (Å²) in [7, 11) is 0. The summed E-state index contributed by atoms with van der Waals surface area (Å²) in [5.74, 6) is 3.20. The third-order valence-corrected chi connectivity index (χ3v) is 7.23. The van der Waals surface area contributed by atoms with Crippen molar-refractivity contribution in [2.75, 3.05) is 30.3 Å². The number of likely N-dealkylation sites (tertiary alicyclic amines) is 1. The minimum absolute atomic E-state index is 0.0521. The first kappa shape index (κ1) is 15.8. The van der Waals surface area contributed by atoms with Gasteiger partial charge in [-0.2, -0.15) is 11.8 Å².